The van der Waals surface area contributed by atoms with Crippen LogP contribution in [0.4, 0.5) is 4.79 Å². The number of benzene rings is 1. The van der Waals surface area contributed by atoms with E-state index in [1.165, 1.54) is 40.2 Å². The monoisotopic (exact) mass is 462 g/mol. The van der Waals surface area contributed by atoms with Crippen LogP contribution < -0.4 is 0 Å². The number of halogens is 1. The summed E-state index contributed by atoms with van der Waals surface area (Å²) in [6.45, 7) is 5.95. The number of carbonyl (C=O) groups is 1. The Hall–Kier alpha value is -2.91. The number of carboxylic acid groups (broad SMARTS) is 1. The number of pyridine rings is 1. The molecule has 0 fully saturated rings. The molecule has 1 N–H and O–H groups in total. The molecule has 0 unspecified atom stereocenters. The van der Waals surface area contributed by atoms with Gasteiger partial charge in [-0.2, -0.15) is 5.10 Å². The molecule has 3 aromatic rings. The van der Waals surface area contributed by atoms with E-state index in [1.54, 1.807) is 24.3 Å². The average Bonchev–Trinajstić information content (AvgIpc) is 3.12. The zero-order valence-electron chi connectivity index (χ0n) is 17.4. The highest BCUT2D eigenvalue weighted by atomic mass is 35.5. The molecule has 0 bridgehead atoms. The number of hydrogen-bond acceptors (Lipinski definition) is 5. The largest absolute Gasteiger partial charge is 0.465 e. The van der Waals surface area contributed by atoms with Crippen molar-refractivity contribution in [3.05, 3.63) is 65.6 Å². The van der Waals surface area contributed by atoms with Crippen LogP contribution in [-0.4, -0.2) is 45.8 Å². The Morgan fingerprint density at radius 2 is 1.81 bits per heavy atom. The summed E-state index contributed by atoms with van der Waals surface area (Å²) in [4.78, 5) is 16.9. The van der Waals surface area contributed by atoms with Gasteiger partial charge >= 0.3 is 6.09 Å². The number of para-hydroxylation sites is 1. The molecule has 1 amide bonds. The molecule has 0 aliphatic rings. The molecule has 0 atom stereocenters. The summed E-state index contributed by atoms with van der Waals surface area (Å²) in [5, 5.41) is 14.2. The third-order valence-electron chi connectivity index (χ3n) is 4.33. The van der Waals surface area contributed by atoms with E-state index >= 15 is 0 Å². The van der Waals surface area contributed by atoms with E-state index in [4.69, 9.17) is 11.6 Å². The van der Waals surface area contributed by atoms with Crippen LogP contribution in [0.3, 0.4) is 0 Å². The van der Waals surface area contributed by atoms with E-state index in [0.29, 0.717) is 16.4 Å². The van der Waals surface area contributed by atoms with E-state index in [0.717, 1.165) is 0 Å². The number of sulfone groups is 1. The summed E-state index contributed by atoms with van der Waals surface area (Å²) < 4.78 is 27.9. The first-order chi connectivity index (χ1) is 14.5. The fourth-order valence-electron chi connectivity index (χ4n) is 3.07. The van der Waals surface area contributed by atoms with Crippen molar-refractivity contribution in [2.24, 2.45) is 5.41 Å². The number of rotatable bonds is 6. The summed E-state index contributed by atoms with van der Waals surface area (Å²) in [6, 6.07) is 10.9. The molecule has 8 nitrogen and oxygen atoms in total. The van der Waals surface area contributed by atoms with Crippen LogP contribution in [0.5, 0.6) is 0 Å². The maximum absolute atomic E-state index is 13.3. The summed E-state index contributed by atoms with van der Waals surface area (Å²) in [7, 11) is -3.97. The molecule has 2 heterocycles. The van der Waals surface area contributed by atoms with Gasteiger partial charge < -0.3 is 10.0 Å². The molecule has 164 valence electrons. The smallest absolute Gasteiger partial charge is 0.407 e. The fourth-order valence-corrected chi connectivity index (χ4v) is 4.67. The van der Waals surface area contributed by atoms with Gasteiger partial charge in [0.1, 0.15) is 0 Å². The second-order valence-corrected chi connectivity index (χ2v) is 10.5. The highest BCUT2D eigenvalue weighted by Crippen LogP contribution is 2.28. The lowest BCUT2D eigenvalue weighted by atomic mass is 9.96. The van der Waals surface area contributed by atoms with E-state index in [9.17, 15) is 18.3 Å². The van der Waals surface area contributed by atoms with Gasteiger partial charge in [0.15, 0.2) is 5.03 Å². The molecule has 2 aromatic heterocycles. The third-order valence-corrected chi connectivity index (χ3v) is 6.39. The van der Waals surface area contributed by atoms with Crippen LogP contribution in [0.2, 0.25) is 5.02 Å². The SMILES string of the molecule is CC(C)(C)CN(Cc1cc(S(=O)(=O)c2ccncc2)n(-c2ccccc2Cl)n1)C(=O)O. The Morgan fingerprint density at radius 1 is 1.16 bits per heavy atom. The van der Waals surface area contributed by atoms with Gasteiger partial charge in [-0.05, 0) is 29.7 Å². The third kappa shape index (κ3) is 5.23. The maximum Gasteiger partial charge on any atom is 0.407 e. The highest BCUT2D eigenvalue weighted by molar-refractivity contribution is 7.91. The first-order valence-corrected chi connectivity index (χ1v) is 11.3. The Bertz CT molecular complexity index is 1190. The van der Waals surface area contributed by atoms with Gasteiger partial charge in [0, 0.05) is 25.0 Å². The van der Waals surface area contributed by atoms with Gasteiger partial charge in [-0.3, -0.25) is 4.98 Å². The topological polar surface area (TPSA) is 105 Å². The summed E-state index contributed by atoms with van der Waals surface area (Å²) >= 11 is 6.31. The Labute approximate surface area is 186 Å². The molecular formula is C21H23ClN4O4S. The van der Waals surface area contributed by atoms with Crippen LogP contribution in [-0.2, 0) is 16.4 Å². The molecule has 0 aliphatic heterocycles. The minimum absolute atomic E-state index is 0.0482. The van der Waals surface area contributed by atoms with Crippen molar-refractivity contribution in [3.63, 3.8) is 0 Å². The van der Waals surface area contributed by atoms with Crippen LogP contribution >= 0.6 is 11.6 Å². The lowest BCUT2D eigenvalue weighted by Gasteiger charge is -2.27. The van der Waals surface area contributed by atoms with Crippen molar-refractivity contribution < 1.29 is 18.3 Å². The number of nitrogens with zero attached hydrogens (tertiary/aromatic N) is 4. The predicted molar refractivity (Wildman–Crippen MR) is 116 cm³/mol. The minimum Gasteiger partial charge on any atom is -0.465 e. The number of amides is 1. The molecule has 0 radical (unpaired) electrons. The van der Waals surface area contributed by atoms with E-state index in [-0.39, 0.29) is 28.4 Å². The average molecular weight is 463 g/mol. The van der Waals surface area contributed by atoms with E-state index < -0.39 is 15.9 Å². The molecule has 0 saturated carbocycles. The zero-order chi connectivity index (χ0) is 22.8. The molecular weight excluding hydrogens is 440 g/mol. The van der Waals surface area contributed by atoms with Crippen molar-refractivity contribution in [1.82, 2.24) is 19.7 Å². The summed E-state index contributed by atoms with van der Waals surface area (Å²) in [5.41, 5.74) is 0.385. The maximum atomic E-state index is 13.3. The van der Waals surface area contributed by atoms with Gasteiger partial charge in [-0.15, -0.1) is 0 Å². The van der Waals surface area contributed by atoms with Crippen LogP contribution in [0, 0.1) is 5.41 Å². The minimum atomic E-state index is -3.97. The number of hydrogen-bond donors (Lipinski definition) is 1. The van der Waals surface area contributed by atoms with Crippen LogP contribution in [0.25, 0.3) is 5.69 Å². The van der Waals surface area contributed by atoms with Gasteiger partial charge in [0.25, 0.3) is 0 Å². The molecule has 10 heteroatoms. The van der Waals surface area contributed by atoms with E-state index in [1.807, 2.05) is 20.8 Å². The van der Waals surface area contributed by atoms with Gasteiger partial charge in [0.05, 0.1) is 27.8 Å². The Balaban J connectivity index is 2.13. The van der Waals surface area contributed by atoms with Gasteiger partial charge in [-0.1, -0.05) is 44.5 Å². The van der Waals surface area contributed by atoms with Crippen LogP contribution in [0.15, 0.2) is 64.8 Å². The first-order valence-electron chi connectivity index (χ1n) is 9.46. The lowest BCUT2D eigenvalue weighted by Crippen LogP contribution is -2.36. The molecule has 1 aromatic carbocycles. The predicted octanol–water partition coefficient (Wildman–Crippen LogP) is 4.28. The van der Waals surface area contributed by atoms with Crippen LogP contribution in [0.1, 0.15) is 26.5 Å². The zero-order valence-corrected chi connectivity index (χ0v) is 18.9. The van der Waals surface area contributed by atoms with Gasteiger partial charge in [-0.25, -0.2) is 17.9 Å². The second-order valence-electron chi connectivity index (χ2n) is 8.22. The molecule has 3 rings (SSSR count). The Kier molecular flexibility index (Phi) is 6.38. The molecule has 0 aliphatic carbocycles. The Morgan fingerprint density at radius 3 is 2.39 bits per heavy atom. The summed E-state index contributed by atoms with van der Waals surface area (Å²) in [6.07, 6.45) is 1.67. The fraction of sp³-hybridized carbons (Fsp3) is 0.286. The van der Waals surface area contributed by atoms with Crippen molar-refractivity contribution >= 4 is 27.5 Å². The second kappa shape index (κ2) is 8.68. The quantitative estimate of drug-likeness (QED) is 0.586. The highest BCUT2D eigenvalue weighted by Gasteiger charge is 2.28. The first kappa shape index (κ1) is 22.8. The van der Waals surface area contributed by atoms with Crippen molar-refractivity contribution in [2.45, 2.75) is 37.2 Å². The molecule has 0 spiro atoms. The normalized spacial score (nSPS) is 12.0. The lowest BCUT2D eigenvalue weighted by molar-refractivity contribution is 0.122. The van der Waals surface area contributed by atoms with Crippen molar-refractivity contribution in [3.8, 4) is 5.69 Å². The summed E-state index contributed by atoms with van der Waals surface area (Å²) in [5.74, 6) is 0. The van der Waals surface area contributed by atoms with Gasteiger partial charge in [0.2, 0.25) is 9.84 Å². The van der Waals surface area contributed by atoms with Crippen molar-refractivity contribution in [1.29, 1.82) is 0 Å². The number of aromatic nitrogens is 3. The van der Waals surface area contributed by atoms with E-state index in [2.05, 4.69) is 10.1 Å². The molecule has 31 heavy (non-hydrogen) atoms. The molecule has 0 saturated heterocycles. The standard InChI is InChI=1S/C21H23ClN4O4S/c1-21(2,3)14-25(20(27)28)13-15-12-19(31(29,30)16-8-10-23-11-9-16)26(24-15)18-7-5-4-6-17(18)22/h4-12H,13-14H2,1-3H3,(H,27,28). The van der Waals surface area contributed by atoms with Crippen molar-refractivity contribution in [2.75, 3.05) is 6.54 Å².